The van der Waals surface area contributed by atoms with E-state index in [-0.39, 0.29) is 36.6 Å². The number of rotatable bonds is 9. The average Bonchev–Trinajstić information content (AvgIpc) is 2.79. The minimum absolute atomic E-state index is 0.0603. The van der Waals surface area contributed by atoms with Crippen LogP contribution in [0.1, 0.15) is 36.1 Å². The normalized spacial score (nSPS) is 11.8. The van der Waals surface area contributed by atoms with E-state index in [0.29, 0.717) is 6.42 Å². The number of carbonyl (C=O) groups is 2. The van der Waals surface area contributed by atoms with Gasteiger partial charge >= 0.3 is 0 Å². The molecule has 3 rings (SSSR count). The van der Waals surface area contributed by atoms with Crippen molar-refractivity contribution in [2.24, 2.45) is 0 Å². The molecular weight excluding hydrogens is 415 g/mol. The lowest BCUT2D eigenvalue weighted by atomic mass is 10.00. The number of halogens is 1. The Morgan fingerprint density at radius 2 is 1.52 bits per heavy atom. The molecular formula is C28H31FN2O2. The molecule has 0 radical (unpaired) electrons. The topological polar surface area (TPSA) is 49.4 Å². The number of hydrogen-bond donors (Lipinski definition) is 1. The lowest BCUT2D eigenvalue weighted by Gasteiger charge is -2.32. The molecule has 2 amide bonds. The van der Waals surface area contributed by atoms with E-state index in [9.17, 15) is 14.0 Å². The minimum Gasteiger partial charge on any atom is -0.352 e. The van der Waals surface area contributed by atoms with Crippen molar-refractivity contribution in [3.8, 4) is 0 Å². The van der Waals surface area contributed by atoms with Gasteiger partial charge in [-0.15, -0.1) is 0 Å². The standard InChI is InChI=1S/C28H31FN2O2/c1-20(2)30-28(33)26(17-22-10-5-4-6-11-22)31(19-23-13-15-25(29)16-14-23)27(32)18-24-12-8-7-9-21(24)3/h4-16,20,26H,17-19H2,1-3H3,(H,30,33)/t26-/m1/s1. The molecule has 0 aromatic heterocycles. The van der Waals surface area contributed by atoms with Gasteiger partial charge in [0.2, 0.25) is 11.8 Å². The summed E-state index contributed by atoms with van der Waals surface area (Å²) in [4.78, 5) is 28.6. The van der Waals surface area contributed by atoms with Gasteiger partial charge < -0.3 is 10.2 Å². The summed E-state index contributed by atoms with van der Waals surface area (Å²) < 4.78 is 13.5. The molecule has 1 N–H and O–H groups in total. The molecule has 0 aliphatic rings. The van der Waals surface area contributed by atoms with Crippen LogP contribution in [0.4, 0.5) is 4.39 Å². The van der Waals surface area contributed by atoms with E-state index in [4.69, 9.17) is 0 Å². The number of benzene rings is 3. The molecule has 172 valence electrons. The first-order valence-corrected chi connectivity index (χ1v) is 11.3. The summed E-state index contributed by atoms with van der Waals surface area (Å²) in [6.07, 6.45) is 0.578. The van der Waals surface area contributed by atoms with Crippen LogP contribution in [0, 0.1) is 12.7 Å². The summed E-state index contributed by atoms with van der Waals surface area (Å²) in [6.45, 7) is 5.99. The summed E-state index contributed by atoms with van der Waals surface area (Å²) in [5, 5.41) is 2.98. The molecule has 3 aromatic rings. The highest BCUT2D eigenvalue weighted by Crippen LogP contribution is 2.18. The van der Waals surface area contributed by atoms with E-state index >= 15 is 0 Å². The van der Waals surface area contributed by atoms with Crippen LogP contribution in [0.2, 0.25) is 0 Å². The molecule has 33 heavy (non-hydrogen) atoms. The molecule has 0 aliphatic carbocycles. The van der Waals surface area contributed by atoms with Crippen molar-refractivity contribution in [1.82, 2.24) is 10.2 Å². The van der Waals surface area contributed by atoms with Gasteiger partial charge in [-0.25, -0.2) is 4.39 Å². The van der Waals surface area contributed by atoms with E-state index < -0.39 is 6.04 Å². The second-order valence-corrected chi connectivity index (χ2v) is 8.62. The quantitative estimate of drug-likeness (QED) is 0.511. The summed E-state index contributed by atoms with van der Waals surface area (Å²) in [5.41, 5.74) is 3.69. The molecule has 0 unspecified atom stereocenters. The SMILES string of the molecule is Cc1ccccc1CC(=O)N(Cc1ccc(F)cc1)[C@H](Cc1ccccc1)C(=O)NC(C)C. The number of hydrogen-bond acceptors (Lipinski definition) is 2. The Morgan fingerprint density at radius 3 is 2.15 bits per heavy atom. The molecule has 0 saturated carbocycles. The van der Waals surface area contributed by atoms with Crippen molar-refractivity contribution in [2.45, 2.75) is 52.2 Å². The molecule has 0 spiro atoms. The fourth-order valence-corrected chi connectivity index (χ4v) is 3.79. The second kappa shape index (κ2) is 11.4. The zero-order valence-electron chi connectivity index (χ0n) is 19.4. The largest absolute Gasteiger partial charge is 0.352 e. The van der Waals surface area contributed by atoms with Gasteiger partial charge in [-0.05, 0) is 55.2 Å². The summed E-state index contributed by atoms with van der Waals surface area (Å²) in [5.74, 6) is -0.683. The van der Waals surface area contributed by atoms with Crippen LogP contribution in [0.25, 0.3) is 0 Å². The Labute approximate surface area is 195 Å². The number of nitrogens with zero attached hydrogens (tertiary/aromatic N) is 1. The lowest BCUT2D eigenvalue weighted by Crippen LogP contribution is -2.52. The van der Waals surface area contributed by atoms with Gasteiger partial charge in [-0.2, -0.15) is 0 Å². The van der Waals surface area contributed by atoms with Crippen LogP contribution in [-0.2, 0) is 29.0 Å². The molecule has 0 aliphatic heterocycles. The van der Waals surface area contributed by atoms with Gasteiger partial charge in [0.05, 0.1) is 6.42 Å². The Bertz CT molecular complexity index is 1060. The molecule has 0 bridgehead atoms. The lowest BCUT2D eigenvalue weighted by molar-refractivity contribution is -0.141. The predicted molar refractivity (Wildman–Crippen MR) is 129 cm³/mol. The van der Waals surface area contributed by atoms with Crippen molar-refractivity contribution in [3.63, 3.8) is 0 Å². The maximum Gasteiger partial charge on any atom is 0.243 e. The Hall–Kier alpha value is -3.47. The van der Waals surface area contributed by atoms with E-state index in [1.165, 1.54) is 12.1 Å². The monoisotopic (exact) mass is 446 g/mol. The first kappa shape index (κ1) is 24.2. The van der Waals surface area contributed by atoms with E-state index in [1.54, 1.807) is 17.0 Å². The minimum atomic E-state index is -0.698. The third-order valence-electron chi connectivity index (χ3n) is 5.57. The zero-order valence-corrected chi connectivity index (χ0v) is 19.4. The predicted octanol–water partition coefficient (Wildman–Crippen LogP) is 4.84. The number of carbonyl (C=O) groups excluding carboxylic acids is 2. The summed E-state index contributed by atoms with van der Waals surface area (Å²) in [7, 11) is 0. The van der Waals surface area contributed by atoms with Crippen LogP contribution in [0.5, 0.6) is 0 Å². The van der Waals surface area contributed by atoms with Gasteiger partial charge in [0.1, 0.15) is 11.9 Å². The van der Waals surface area contributed by atoms with Crippen LogP contribution < -0.4 is 5.32 Å². The van der Waals surface area contributed by atoms with E-state index in [1.807, 2.05) is 75.4 Å². The Morgan fingerprint density at radius 1 is 0.879 bits per heavy atom. The van der Waals surface area contributed by atoms with Gasteiger partial charge in [0.15, 0.2) is 0 Å². The van der Waals surface area contributed by atoms with Crippen molar-refractivity contribution in [2.75, 3.05) is 0 Å². The number of amides is 2. The fourth-order valence-electron chi connectivity index (χ4n) is 3.79. The first-order valence-electron chi connectivity index (χ1n) is 11.3. The third-order valence-corrected chi connectivity index (χ3v) is 5.57. The highest BCUT2D eigenvalue weighted by Gasteiger charge is 2.30. The maximum atomic E-state index is 13.6. The van der Waals surface area contributed by atoms with Crippen molar-refractivity contribution >= 4 is 11.8 Å². The fraction of sp³-hybridized carbons (Fsp3) is 0.286. The Balaban J connectivity index is 1.97. The molecule has 0 fully saturated rings. The molecule has 0 saturated heterocycles. The average molecular weight is 447 g/mol. The van der Waals surface area contributed by atoms with Crippen molar-refractivity contribution in [1.29, 1.82) is 0 Å². The van der Waals surface area contributed by atoms with Gasteiger partial charge in [0.25, 0.3) is 0 Å². The van der Waals surface area contributed by atoms with Crippen molar-refractivity contribution < 1.29 is 14.0 Å². The highest BCUT2D eigenvalue weighted by molar-refractivity contribution is 5.89. The number of aryl methyl sites for hydroxylation is 1. The highest BCUT2D eigenvalue weighted by atomic mass is 19.1. The Kier molecular flexibility index (Phi) is 8.36. The number of nitrogens with one attached hydrogen (secondary N) is 1. The second-order valence-electron chi connectivity index (χ2n) is 8.62. The van der Waals surface area contributed by atoms with Crippen LogP contribution in [0.3, 0.4) is 0 Å². The van der Waals surface area contributed by atoms with E-state index in [2.05, 4.69) is 5.32 Å². The van der Waals surface area contributed by atoms with Crippen LogP contribution >= 0.6 is 0 Å². The van der Waals surface area contributed by atoms with E-state index in [0.717, 1.165) is 22.3 Å². The molecule has 4 nitrogen and oxygen atoms in total. The summed E-state index contributed by atoms with van der Waals surface area (Å²) >= 11 is 0. The smallest absolute Gasteiger partial charge is 0.243 e. The molecule has 0 heterocycles. The zero-order chi connectivity index (χ0) is 23.8. The molecule has 5 heteroatoms. The first-order chi connectivity index (χ1) is 15.8. The van der Waals surface area contributed by atoms with Gasteiger partial charge in [-0.3, -0.25) is 9.59 Å². The molecule has 1 atom stereocenters. The maximum absolute atomic E-state index is 13.6. The van der Waals surface area contributed by atoms with Crippen LogP contribution in [0.15, 0.2) is 78.9 Å². The van der Waals surface area contributed by atoms with Crippen LogP contribution in [-0.4, -0.2) is 28.8 Å². The summed E-state index contributed by atoms with van der Waals surface area (Å²) in [6, 6.07) is 22.7. The van der Waals surface area contributed by atoms with Crippen molar-refractivity contribution in [3.05, 3.63) is 107 Å². The van der Waals surface area contributed by atoms with Gasteiger partial charge in [0, 0.05) is 19.0 Å². The van der Waals surface area contributed by atoms with Gasteiger partial charge in [-0.1, -0.05) is 66.7 Å². The molecule has 3 aromatic carbocycles. The third kappa shape index (κ3) is 7.01.